The molecule has 8 heteroatoms. The SMILES string of the molecule is CS(=O)(=O)c1ccc(COc2c(C(=O)NC(C(=O)O)C3CCCC3)ccc3ccccc23)cc1. The maximum Gasteiger partial charge on any atom is 0.326 e. The number of amides is 1. The molecule has 1 fully saturated rings. The fraction of sp³-hybridized carbons (Fsp3) is 0.308. The molecule has 0 heterocycles. The molecule has 4 rings (SSSR count). The Bertz CT molecular complexity index is 1310. The Morgan fingerprint density at radius 3 is 2.35 bits per heavy atom. The number of rotatable bonds is 8. The molecular formula is C26H27NO6S. The Morgan fingerprint density at radius 2 is 1.71 bits per heavy atom. The van der Waals surface area contributed by atoms with Crippen molar-refractivity contribution < 1.29 is 27.9 Å². The summed E-state index contributed by atoms with van der Waals surface area (Å²) in [5.41, 5.74) is 0.997. The highest BCUT2D eigenvalue weighted by molar-refractivity contribution is 7.90. The highest BCUT2D eigenvalue weighted by atomic mass is 32.2. The van der Waals surface area contributed by atoms with Gasteiger partial charge in [0, 0.05) is 11.6 Å². The molecule has 0 saturated heterocycles. The number of carboxylic acids is 1. The summed E-state index contributed by atoms with van der Waals surface area (Å²) >= 11 is 0. The molecule has 3 aromatic carbocycles. The summed E-state index contributed by atoms with van der Waals surface area (Å²) in [5, 5.41) is 14.0. The van der Waals surface area contributed by atoms with Crippen molar-refractivity contribution >= 4 is 32.5 Å². The number of hydrogen-bond acceptors (Lipinski definition) is 5. The molecule has 1 amide bonds. The Hall–Kier alpha value is -3.39. The van der Waals surface area contributed by atoms with E-state index in [1.807, 2.05) is 30.3 Å². The summed E-state index contributed by atoms with van der Waals surface area (Å²) in [4.78, 5) is 25.3. The molecule has 0 bridgehead atoms. The predicted octanol–water partition coefficient (Wildman–Crippen LogP) is 4.20. The second kappa shape index (κ2) is 9.85. The van der Waals surface area contributed by atoms with Gasteiger partial charge in [0.25, 0.3) is 5.91 Å². The number of hydrogen-bond donors (Lipinski definition) is 2. The monoisotopic (exact) mass is 481 g/mol. The van der Waals surface area contributed by atoms with Crippen LogP contribution in [0.3, 0.4) is 0 Å². The molecule has 7 nitrogen and oxygen atoms in total. The van der Waals surface area contributed by atoms with Gasteiger partial charge in [-0.05, 0) is 47.9 Å². The quantitative estimate of drug-likeness (QED) is 0.499. The van der Waals surface area contributed by atoms with Crippen LogP contribution < -0.4 is 10.1 Å². The molecule has 0 radical (unpaired) electrons. The molecule has 1 atom stereocenters. The zero-order valence-corrected chi connectivity index (χ0v) is 19.7. The lowest BCUT2D eigenvalue weighted by molar-refractivity contribution is -0.140. The van der Waals surface area contributed by atoms with Crippen LogP contribution in [0, 0.1) is 5.92 Å². The number of carbonyl (C=O) groups excluding carboxylic acids is 1. The van der Waals surface area contributed by atoms with Gasteiger partial charge in [-0.15, -0.1) is 0 Å². The van der Waals surface area contributed by atoms with Gasteiger partial charge in [-0.3, -0.25) is 4.79 Å². The van der Waals surface area contributed by atoms with Gasteiger partial charge in [-0.1, -0.05) is 55.3 Å². The van der Waals surface area contributed by atoms with E-state index in [9.17, 15) is 23.1 Å². The van der Waals surface area contributed by atoms with E-state index in [4.69, 9.17) is 4.74 Å². The van der Waals surface area contributed by atoms with E-state index in [1.54, 1.807) is 18.2 Å². The Labute approximate surface area is 198 Å². The third-order valence-corrected chi connectivity index (χ3v) is 7.41. The molecule has 0 aliphatic heterocycles. The molecule has 0 aromatic heterocycles. The minimum Gasteiger partial charge on any atom is -0.487 e. The number of sulfone groups is 1. The summed E-state index contributed by atoms with van der Waals surface area (Å²) < 4.78 is 29.5. The van der Waals surface area contributed by atoms with E-state index in [-0.39, 0.29) is 23.0 Å². The fourth-order valence-corrected chi connectivity index (χ4v) is 5.09. The van der Waals surface area contributed by atoms with Crippen LogP contribution >= 0.6 is 0 Å². The van der Waals surface area contributed by atoms with Crippen LogP contribution in [0.1, 0.15) is 41.6 Å². The van der Waals surface area contributed by atoms with Crippen LogP contribution in [0.2, 0.25) is 0 Å². The number of nitrogens with one attached hydrogen (secondary N) is 1. The molecule has 1 saturated carbocycles. The van der Waals surface area contributed by atoms with E-state index in [0.717, 1.165) is 48.3 Å². The van der Waals surface area contributed by atoms with Gasteiger partial charge < -0.3 is 15.2 Å². The molecule has 1 unspecified atom stereocenters. The molecule has 1 aliphatic carbocycles. The molecule has 0 spiro atoms. The second-order valence-corrected chi connectivity index (χ2v) is 10.7. The third kappa shape index (κ3) is 5.22. The van der Waals surface area contributed by atoms with E-state index < -0.39 is 27.8 Å². The Kier molecular flexibility index (Phi) is 6.88. The number of benzene rings is 3. The Morgan fingerprint density at radius 1 is 1.03 bits per heavy atom. The average molecular weight is 482 g/mol. The minimum absolute atomic E-state index is 0.0837. The fourth-order valence-electron chi connectivity index (χ4n) is 4.46. The molecule has 1 aliphatic rings. The van der Waals surface area contributed by atoms with Crippen molar-refractivity contribution in [2.24, 2.45) is 5.92 Å². The first-order valence-corrected chi connectivity index (χ1v) is 13.1. The lowest BCUT2D eigenvalue weighted by Gasteiger charge is -2.22. The molecule has 2 N–H and O–H groups in total. The highest BCUT2D eigenvalue weighted by Crippen LogP contribution is 2.32. The van der Waals surface area contributed by atoms with Crippen molar-refractivity contribution in [2.45, 2.75) is 43.2 Å². The predicted molar refractivity (Wildman–Crippen MR) is 129 cm³/mol. The first-order chi connectivity index (χ1) is 16.2. The molecule has 3 aromatic rings. The van der Waals surface area contributed by atoms with Crippen LogP contribution in [-0.2, 0) is 21.2 Å². The van der Waals surface area contributed by atoms with Crippen LogP contribution in [0.5, 0.6) is 5.75 Å². The normalized spacial score (nSPS) is 15.2. The van der Waals surface area contributed by atoms with Crippen molar-refractivity contribution in [3.8, 4) is 5.75 Å². The van der Waals surface area contributed by atoms with Crippen molar-refractivity contribution in [3.05, 3.63) is 71.8 Å². The van der Waals surface area contributed by atoms with Gasteiger partial charge in [0.2, 0.25) is 0 Å². The largest absolute Gasteiger partial charge is 0.487 e. The van der Waals surface area contributed by atoms with Gasteiger partial charge in [0.05, 0.1) is 10.5 Å². The zero-order chi connectivity index (χ0) is 24.3. The average Bonchev–Trinajstić information content (AvgIpc) is 3.34. The van der Waals surface area contributed by atoms with E-state index >= 15 is 0 Å². The maximum absolute atomic E-state index is 13.2. The number of ether oxygens (including phenoxy) is 1. The first-order valence-electron chi connectivity index (χ1n) is 11.2. The van der Waals surface area contributed by atoms with Crippen LogP contribution in [-0.4, -0.2) is 37.7 Å². The van der Waals surface area contributed by atoms with Gasteiger partial charge in [-0.25, -0.2) is 13.2 Å². The maximum atomic E-state index is 13.2. The molecule has 178 valence electrons. The molecular weight excluding hydrogens is 454 g/mol. The van der Waals surface area contributed by atoms with Gasteiger partial charge in [0.1, 0.15) is 18.4 Å². The lowest BCUT2D eigenvalue weighted by atomic mass is 9.97. The van der Waals surface area contributed by atoms with Crippen molar-refractivity contribution in [3.63, 3.8) is 0 Å². The summed E-state index contributed by atoms with van der Waals surface area (Å²) in [6.07, 6.45) is 4.64. The van der Waals surface area contributed by atoms with Crippen LogP contribution in [0.4, 0.5) is 0 Å². The van der Waals surface area contributed by atoms with Gasteiger partial charge in [0.15, 0.2) is 9.84 Å². The Balaban J connectivity index is 1.62. The lowest BCUT2D eigenvalue weighted by Crippen LogP contribution is -2.45. The zero-order valence-electron chi connectivity index (χ0n) is 18.9. The van der Waals surface area contributed by atoms with Gasteiger partial charge in [-0.2, -0.15) is 0 Å². The highest BCUT2D eigenvalue weighted by Gasteiger charge is 2.32. The number of fused-ring (bicyclic) bond motifs is 1. The van der Waals surface area contributed by atoms with E-state index in [2.05, 4.69) is 5.32 Å². The van der Waals surface area contributed by atoms with Crippen molar-refractivity contribution in [1.82, 2.24) is 5.32 Å². The topological polar surface area (TPSA) is 110 Å². The number of carboxylic acid groups (broad SMARTS) is 1. The number of aliphatic carboxylic acids is 1. The summed E-state index contributed by atoms with van der Waals surface area (Å²) in [6.45, 7) is 0.114. The van der Waals surface area contributed by atoms with Crippen LogP contribution in [0.15, 0.2) is 65.6 Å². The minimum atomic E-state index is -3.30. The smallest absolute Gasteiger partial charge is 0.326 e. The van der Waals surface area contributed by atoms with Crippen molar-refractivity contribution in [2.75, 3.05) is 6.26 Å². The van der Waals surface area contributed by atoms with E-state index in [0.29, 0.717) is 5.75 Å². The summed E-state index contributed by atoms with van der Waals surface area (Å²) in [5.74, 6) is -1.25. The van der Waals surface area contributed by atoms with Gasteiger partial charge >= 0.3 is 5.97 Å². The number of carbonyl (C=O) groups is 2. The third-order valence-electron chi connectivity index (χ3n) is 6.28. The summed E-state index contributed by atoms with van der Waals surface area (Å²) in [6, 6.07) is 16.4. The molecule has 34 heavy (non-hydrogen) atoms. The first kappa shape index (κ1) is 23.8. The standard InChI is InChI=1S/C26H27NO6S/c1-34(31,32)20-13-10-17(11-14-20)16-33-24-21-9-5-4-6-18(21)12-15-22(24)25(28)27-23(26(29)30)19-7-2-3-8-19/h4-6,9-15,19,23H,2-3,7-8,16H2,1H3,(H,27,28)(H,29,30). The van der Waals surface area contributed by atoms with E-state index in [1.165, 1.54) is 12.1 Å². The second-order valence-electron chi connectivity index (χ2n) is 8.70. The van der Waals surface area contributed by atoms with Crippen molar-refractivity contribution in [1.29, 1.82) is 0 Å². The van der Waals surface area contributed by atoms with Crippen LogP contribution in [0.25, 0.3) is 10.8 Å². The summed E-state index contributed by atoms with van der Waals surface area (Å²) in [7, 11) is -3.30.